The minimum absolute atomic E-state index is 0.112. The topological polar surface area (TPSA) is 87.8 Å². The fourth-order valence-corrected chi connectivity index (χ4v) is 2.42. The predicted octanol–water partition coefficient (Wildman–Crippen LogP) is 1.31. The lowest BCUT2D eigenvalue weighted by Gasteiger charge is -2.21. The molecule has 0 aromatic heterocycles. The number of carbonyl (C=O) groups is 3. The Morgan fingerprint density at radius 1 is 1.21 bits per heavy atom. The standard InChI is InChI=1S/C18H24N2O4/c1-12(2)9-14(16(22)18(3)11-24-18)20-15(21)10-19-17(23)13-7-5-4-6-8-13/h4-8,12,14H,9-11H2,1-3H3,(H,19,23)(H,20,21). The maximum Gasteiger partial charge on any atom is 0.251 e. The van der Waals surface area contributed by atoms with Crippen molar-refractivity contribution in [3.8, 4) is 0 Å². The third-order valence-corrected chi connectivity index (χ3v) is 3.90. The Labute approximate surface area is 142 Å². The van der Waals surface area contributed by atoms with Crippen LogP contribution in [0.2, 0.25) is 0 Å². The van der Waals surface area contributed by atoms with Crippen LogP contribution in [0.3, 0.4) is 0 Å². The Bertz CT molecular complexity index is 609. The molecule has 130 valence electrons. The molecule has 6 nitrogen and oxygen atoms in total. The number of hydrogen-bond acceptors (Lipinski definition) is 4. The summed E-state index contributed by atoms with van der Waals surface area (Å²) in [6, 6.07) is 8.06. The average molecular weight is 332 g/mol. The van der Waals surface area contributed by atoms with Gasteiger partial charge in [0.05, 0.1) is 19.2 Å². The molecule has 0 saturated carbocycles. The summed E-state index contributed by atoms with van der Waals surface area (Å²) in [6.45, 7) is 5.92. The van der Waals surface area contributed by atoms with Crippen molar-refractivity contribution >= 4 is 17.6 Å². The third-order valence-electron chi connectivity index (χ3n) is 3.90. The molecule has 1 heterocycles. The van der Waals surface area contributed by atoms with Crippen molar-refractivity contribution in [2.75, 3.05) is 13.2 Å². The number of rotatable bonds is 8. The number of epoxide rings is 1. The Kier molecular flexibility index (Phi) is 5.72. The number of carbonyl (C=O) groups excluding carboxylic acids is 3. The van der Waals surface area contributed by atoms with Gasteiger partial charge in [-0.1, -0.05) is 32.0 Å². The van der Waals surface area contributed by atoms with Crippen LogP contribution < -0.4 is 10.6 Å². The molecule has 0 aliphatic carbocycles. The number of ether oxygens (including phenoxy) is 1. The highest BCUT2D eigenvalue weighted by Crippen LogP contribution is 2.29. The monoisotopic (exact) mass is 332 g/mol. The van der Waals surface area contributed by atoms with E-state index in [9.17, 15) is 14.4 Å². The molecule has 1 aromatic rings. The highest BCUT2D eigenvalue weighted by molar-refractivity contribution is 5.99. The molecule has 2 unspecified atom stereocenters. The average Bonchev–Trinajstić information content (AvgIpc) is 3.30. The van der Waals surface area contributed by atoms with E-state index in [1.54, 1.807) is 31.2 Å². The van der Waals surface area contributed by atoms with Gasteiger partial charge in [-0.2, -0.15) is 0 Å². The van der Waals surface area contributed by atoms with Crippen LogP contribution in [-0.2, 0) is 14.3 Å². The fourth-order valence-electron chi connectivity index (χ4n) is 2.42. The van der Waals surface area contributed by atoms with Gasteiger partial charge in [-0.25, -0.2) is 0 Å². The molecule has 0 radical (unpaired) electrons. The van der Waals surface area contributed by atoms with Crippen LogP contribution in [-0.4, -0.2) is 42.4 Å². The summed E-state index contributed by atoms with van der Waals surface area (Å²) in [7, 11) is 0. The van der Waals surface area contributed by atoms with Gasteiger partial charge in [0.1, 0.15) is 5.60 Å². The van der Waals surface area contributed by atoms with Crippen molar-refractivity contribution < 1.29 is 19.1 Å². The third kappa shape index (κ3) is 4.89. The van der Waals surface area contributed by atoms with Gasteiger partial charge in [0, 0.05) is 5.56 Å². The summed E-state index contributed by atoms with van der Waals surface area (Å²) >= 11 is 0. The first-order valence-electron chi connectivity index (χ1n) is 8.13. The van der Waals surface area contributed by atoms with E-state index in [0.717, 1.165) is 0 Å². The molecule has 0 bridgehead atoms. The summed E-state index contributed by atoms with van der Waals surface area (Å²) in [5.41, 5.74) is -0.292. The van der Waals surface area contributed by atoms with Gasteiger partial charge in [-0.15, -0.1) is 0 Å². The molecule has 6 heteroatoms. The summed E-state index contributed by atoms with van der Waals surface area (Å²) in [6.07, 6.45) is 0.538. The SMILES string of the molecule is CC(C)CC(NC(=O)CNC(=O)c1ccccc1)C(=O)C1(C)CO1. The predicted molar refractivity (Wildman–Crippen MR) is 89.5 cm³/mol. The van der Waals surface area contributed by atoms with Gasteiger partial charge in [0.15, 0.2) is 5.78 Å². The number of amides is 2. The molecule has 2 amide bonds. The fraction of sp³-hybridized carbons (Fsp3) is 0.500. The van der Waals surface area contributed by atoms with Crippen molar-refractivity contribution in [1.29, 1.82) is 0 Å². The van der Waals surface area contributed by atoms with Crippen LogP contribution in [0.5, 0.6) is 0 Å². The second kappa shape index (κ2) is 7.57. The number of Topliss-reactive ketones (excluding diaryl/α,β-unsaturated/α-hetero) is 1. The normalized spacial score (nSPS) is 20.3. The van der Waals surface area contributed by atoms with E-state index in [0.29, 0.717) is 18.6 Å². The van der Waals surface area contributed by atoms with Gasteiger partial charge < -0.3 is 15.4 Å². The number of ketones is 1. The molecule has 24 heavy (non-hydrogen) atoms. The van der Waals surface area contributed by atoms with E-state index in [1.165, 1.54) is 0 Å². The highest BCUT2D eigenvalue weighted by Gasteiger charge is 2.50. The Balaban J connectivity index is 1.88. The minimum Gasteiger partial charge on any atom is -0.361 e. The van der Waals surface area contributed by atoms with Crippen molar-refractivity contribution in [2.45, 2.75) is 38.8 Å². The summed E-state index contributed by atoms with van der Waals surface area (Å²) < 4.78 is 5.19. The molecule has 0 spiro atoms. The van der Waals surface area contributed by atoms with Crippen LogP contribution in [0.1, 0.15) is 37.6 Å². The summed E-state index contributed by atoms with van der Waals surface area (Å²) in [4.78, 5) is 36.5. The zero-order chi connectivity index (χ0) is 17.7. The van der Waals surface area contributed by atoms with Crippen molar-refractivity contribution in [3.05, 3.63) is 35.9 Å². The number of hydrogen-bond donors (Lipinski definition) is 2. The van der Waals surface area contributed by atoms with Gasteiger partial charge in [0.25, 0.3) is 5.91 Å². The smallest absolute Gasteiger partial charge is 0.251 e. The van der Waals surface area contributed by atoms with E-state index in [4.69, 9.17) is 4.74 Å². The molecule has 1 fully saturated rings. The lowest BCUT2D eigenvalue weighted by Crippen LogP contribution is -2.49. The highest BCUT2D eigenvalue weighted by atomic mass is 16.6. The number of nitrogens with one attached hydrogen (secondary N) is 2. The molecule has 1 saturated heterocycles. The lowest BCUT2D eigenvalue weighted by atomic mass is 9.93. The van der Waals surface area contributed by atoms with Gasteiger partial charge in [-0.3, -0.25) is 14.4 Å². The van der Waals surface area contributed by atoms with E-state index >= 15 is 0 Å². The zero-order valence-electron chi connectivity index (χ0n) is 14.3. The number of benzene rings is 1. The van der Waals surface area contributed by atoms with E-state index in [2.05, 4.69) is 10.6 Å². The van der Waals surface area contributed by atoms with E-state index in [1.807, 2.05) is 19.9 Å². The molecular formula is C18H24N2O4. The van der Waals surface area contributed by atoms with Gasteiger partial charge >= 0.3 is 0 Å². The first-order valence-corrected chi connectivity index (χ1v) is 8.13. The largest absolute Gasteiger partial charge is 0.361 e. The maximum absolute atomic E-state index is 12.4. The molecule has 2 N–H and O–H groups in total. The minimum atomic E-state index is -0.778. The summed E-state index contributed by atoms with van der Waals surface area (Å²) in [5, 5.41) is 5.28. The quantitative estimate of drug-likeness (QED) is 0.703. The van der Waals surface area contributed by atoms with Crippen LogP contribution in [0, 0.1) is 5.92 Å². The van der Waals surface area contributed by atoms with Crippen LogP contribution >= 0.6 is 0 Å². The Morgan fingerprint density at radius 2 is 1.83 bits per heavy atom. The first kappa shape index (κ1) is 18.1. The van der Waals surface area contributed by atoms with Gasteiger partial charge in [-0.05, 0) is 31.4 Å². The summed E-state index contributed by atoms with van der Waals surface area (Å²) in [5.74, 6) is -0.572. The molecule has 1 aliphatic heterocycles. The van der Waals surface area contributed by atoms with E-state index in [-0.39, 0.29) is 30.1 Å². The zero-order valence-corrected chi connectivity index (χ0v) is 14.3. The molecule has 2 atom stereocenters. The molecule has 2 rings (SSSR count). The van der Waals surface area contributed by atoms with Crippen LogP contribution in [0.4, 0.5) is 0 Å². The second-order valence-corrected chi connectivity index (χ2v) is 6.68. The molecular weight excluding hydrogens is 308 g/mol. The van der Waals surface area contributed by atoms with Crippen LogP contribution in [0.15, 0.2) is 30.3 Å². The van der Waals surface area contributed by atoms with Crippen LogP contribution in [0.25, 0.3) is 0 Å². The van der Waals surface area contributed by atoms with Crippen molar-refractivity contribution in [2.24, 2.45) is 5.92 Å². The first-order chi connectivity index (χ1) is 11.3. The second-order valence-electron chi connectivity index (χ2n) is 6.68. The van der Waals surface area contributed by atoms with Crippen molar-refractivity contribution in [3.63, 3.8) is 0 Å². The lowest BCUT2D eigenvalue weighted by molar-refractivity contribution is -0.130. The molecule has 1 aliphatic rings. The van der Waals surface area contributed by atoms with E-state index < -0.39 is 11.6 Å². The Hall–Kier alpha value is -2.21. The Morgan fingerprint density at radius 3 is 2.38 bits per heavy atom. The maximum atomic E-state index is 12.4. The molecule has 1 aromatic carbocycles. The van der Waals surface area contributed by atoms with Crippen molar-refractivity contribution in [1.82, 2.24) is 10.6 Å². The van der Waals surface area contributed by atoms with Gasteiger partial charge in [0.2, 0.25) is 5.91 Å².